The van der Waals surface area contributed by atoms with E-state index >= 15 is 0 Å². The topological polar surface area (TPSA) is 171 Å². The highest BCUT2D eigenvalue weighted by Crippen LogP contribution is 2.28. The lowest BCUT2D eigenvalue weighted by molar-refractivity contribution is 0.303. The molecule has 418 valence electrons. The van der Waals surface area contributed by atoms with Crippen molar-refractivity contribution in [3.8, 4) is 34.3 Å². The first kappa shape index (κ1) is 59.2. The van der Waals surface area contributed by atoms with E-state index in [9.17, 15) is 0 Å². The van der Waals surface area contributed by atoms with Gasteiger partial charge in [0.2, 0.25) is 0 Å². The summed E-state index contributed by atoms with van der Waals surface area (Å²) in [4.78, 5) is 33.4. The lowest BCUT2D eigenvalue weighted by atomic mass is 10.1. The molecule has 0 saturated carbocycles. The van der Waals surface area contributed by atoms with Gasteiger partial charge in [-0.2, -0.15) is 20.4 Å². The maximum atomic E-state index is 6.14. The van der Waals surface area contributed by atoms with Crippen LogP contribution in [0.2, 0.25) is 0 Å². The third-order valence-corrected chi connectivity index (χ3v) is 13.1. The average molecular weight is 1080 g/mol. The van der Waals surface area contributed by atoms with Crippen LogP contribution in [0, 0.1) is 0 Å². The van der Waals surface area contributed by atoms with Gasteiger partial charge >= 0.3 is 0 Å². The summed E-state index contributed by atoms with van der Waals surface area (Å²) >= 11 is 0. The predicted molar refractivity (Wildman–Crippen MR) is 328 cm³/mol. The molecule has 0 amide bonds. The summed E-state index contributed by atoms with van der Waals surface area (Å²) in [5, 5.41) is 25.4. The molecule has 7 rings (SSSR count). The Labute approximate surface area is 473 Å². The lowest BCUT2D eigenvalue weighted by Crippen LogP contribution is -2.13. The van der Waals surface area contributed by atoms with Gasteiger partial charge in [-0.15, -0.1) is 0 Å². The molecule has 0 atom stereocenters. The first-order chi connectivity index (χ1) is 39.3. The van der Waals surface area contributed by atoms with E-state index < -0.39 is 0 Å². The van der Waals surface area contributed by atoms with Crippen LogP contribution < -0.4 is 29.5 Å². The van der Waals surface area contributed by atoms with Crippen LogP contribution in [0.15, 0.2) is 148 Å². The minimum absolute atomic E-state index is 0.633. The second-order valence-corrected chi connectivity index (χ2v) is 19.5. The maximum absolute atomic E-state index is 6.14. The summed E-state index contributed by atoms with van der Waals surface area (Å²) < 4.78 is 12.3. The third kappa shape index (κ3) is 19.5. The molecular formula is C63H79N15O2. The minimum atomic E-state index is 0.633. The second kappa shape index (κ2) is 33.1. The highest BCUT2D eigenvalue weighted by Gasteiger charge is 2.13. The number of ether oxygens (including phenoxy) is 2. The molecule has 0 unspecified atom stereocenters. The molecule has 7 aromatic heterocycles. The molecule has 80 heavy (non-hydrogen) atoms. The fraction of sp³-hybridized carbons (Fsp3) is 0.381. The van der Waals surface area contributed by atoms with E-state index in [1.54, 1.807) is 57.3 Å². The van der Waals surface area contributed by atoms with Crippen LogP contribution in [-0.4, -0.2) is 101 Å². The molecule has 7 aromatic rings. The van der Waals surface area contributed by atoms with Crippen molar-refractivity contribution in [1.29, 1.82) is 0 Å². The molecule has 0 aliphatic rings. The smallest absolute Gasteiger partial charge is 0.191 e. The largest absolute Gasteiger partial charge is 0.490 e. The van der Waals surface area contributed by atoms with Crippen LogP contribution in [-0.2, 0) is 0 Å². The van der Waals surface area contributed by atoms with E-state index in [4.69, 9.17) is 34.4 Å². The highest BCUT2D eigenvalue weighted by molar-refractivity contribution is 5.83. The van der Waals surface area contributed by atoms with E-state index in [0.717, 1.165) is 25.7 Å². The summed E-state index contributed by atoms with van der Waals surface area (Å²) in [6.45, 7) is 5.80. The van der Waals surface area contributed by atoms with Crippen LogP contribution in [0.25, 0.3) is 22.8 Å². The maximum Gasteiger partial charge on any atom is 0.191 e. The number of hydrogen-bond acceptors (Lipinski definition) is 17. The van der Waals surface area contributed by atoms with Crippen molar-refractivity contribution in [3.05, 3.63) is 150 Å². The number of anilines is 4. The standard InChI is InChI=1S/C63H79N15O2/c1-7-9-11-13-15-17-19-21-44-79-58-38-28-42-64-62(58)77(5)68-48-52-32-23-30-50(70-52)46-66-75(3)60-40-26-36-56(73-60)54-34-25-35-55(72-54)57-37-27-41-61(74-57)76(4)67-47-51-31-24-33-53(71-51)49-69-78(6)63-59(39-29-43-65-63)80-45-22-20-18-16-14-12-10-8-2/h23-43,46-49H,7-22,44-45H2,1-6H3/b66-46+,67-47+,68-48-,69-49+. The quantitative estimate of drug-likeness (QED) is 0.0212. The van der Waals surface area contributed by atoms with Gasteiger partial charge in [-0.05, 0) is 97.8 Å². The Morgan fingerprint density at radius 1 is 0.350 bits per heavy atom. The molecule has 0 spiro atoms. The number of hydrazone groups is 4. The van der Waals surface area contributed by atoms with Crippen LogP contribution in [0.5, 0.6) is 11.5 Å². The molecule has 0 saturated heterocycles. The number of pyridine rings is 7. The number of nitrogens with zero attached hydrogens (tertiary/aromatic N) is 15. The Balaban J connectivity index is 0.909. The lowest BCUT2D eigenvalue weighted by Gasteiger charge is -2.16. The molecule has 17 heteroatoms. The van der Waals surface area contributed by atoms with Crippen LogP contribution >= 0.6 is 0 Å². The number of aromatic nitrogens is 7. The van der Waals surface area contributed by atoms with E-state index in [0.29, 0.717) is 93.5 Å². The number of unbranched alkanes of at least 4 members (excludes halogenated alkanes) is 14. The Morgan fingerprint density at radius 2 is 0.675 bits per heavy atom. The van der Waals surface area contributed by atoms with Crippen molar-refractivity contribution in [2.45, 2.75) is 117 Å². The van der Waals surface area contributed by atoms with Crippen molar-refractivity contribution in [1.82, 2.24) is 34.9 Å². The number of rotatable bonds is 34. The van der Waals surface area contributed by atoms with Crippen LogP contribution in [0.3, 0.4) is 0 Å². The van der Waals surface area contributed by atoms with E-state index in [-0.39, 0.29) is 0 Å². The van der Waals surface area contributed by atoms with Crippen LogP contribution in [0.1, 0.15) is 139 Å². The van der Waals surface area contributed by atoms with Crippen molar-refractivity contribution < 1.29 is 9.47 Å². The molecule has 0 bridgehead atoms. The van der Waals surface area contributed by atoms with E-state index in [1.807, 2.05) is 143 Å². The van der Waals surface area contributed by atoms with Crippen molar-refractivity contribution in [3.63, 3.8) is 0 Å². The molecule has 17 nitrogen and oxygen atoms in total. The molecule has 0 aliphatic heterocycles. The minimum Gasteiger partial charge on any atom is -0.490 e. The fourth-order valence-electron chi connectivity index (χ4n) is 8.56. The van der Waals surface area contributed by atoms with Crippen molar-refractivity contribution in [2.24, 2.45) is 20.4 Å². The van der Waals surface area contributed by atoms with E-state index in [1.165, 1.54) is 77.0 Å². The SMILES string of the molecule is CCCCCCCCCCOc1cccnc1N(C)/N=C\c1cccc(/C=N/N(C)c2cccc(-c3cccc(-c4cccc(N(C)/N=C/c5cccc(/C=N/N(C)c6ncccc6OCCCCCCCCCC)n5)n4)n3)n2)n1. The van der Waals surface area contributed by atoms with Gasteiger partial charge in [0.1, 0.15) is 11.6 Å². The van der Waals surface area contributed by atoms with Crippen LogP contribution in [0.4, 0.5) is 23.3 Å². The van der Waals surface area contributed by atoms with Crippen molar-refractivity contribution in [2.75, 3.05) is 61.4 Å². The van der Waals surface area contributed by atoms with E-state index in [2.05, 4.69) is 44.2 Å². The fourth-order valence-corrected chi connectivity index (χ4v) is 8.56. The van der Waals surface area contributed by atoms with Gasteiger partial charge in [-0.1, -0.05) is 134 Å². The normalized spacial score (nSPS) is 11.6. The van der Waals surface area contributed by atoms with Gasteiger partial charge in [0.05, 0.1) is 83.6 Å². The highest BCUT2D eigenvalue weighted by atomic mass is 16.5. The average Bonchev–Trinajstić information content (AvgIpc) is 3.50. The first-order valence-electron chi connectivity index (χ1n) is 28.4. The number of hydrogen-bond donors (Lipinski definition) is 0. The molecule has 0 aromatic carbocycles. The summed E-state index contributed by atoms with van der Waals surface area (Å²) in [6.07, 6.45) is 30.2. The molecule has 0 aliphatic carbocycles. The zero-order chi connectivity index (χ0) is 56.0. The monoisotopic (exact) mass is 1080 g/mol. The summed E-state index contributed by atoms with van der Waals surface area (Å²) in [7, 11) is 7.39. The zero-order valence-corrected chi connectivity index (χ0v) is 47.7. The Hall–Kier alpha value is -8.47. The van der Waals surface area contributed by atoms with Gasteiger partial charge in [0.15, 0.2) is 23.1 Å². The Morgan fingerprint density at radius 3 is 1.06 bits per heavy atom. The molecular weight excluding hydrogens is 999 g/mol. The van der Waals surface area contributed by atoms with Gasteiger partial charge < -0.3 is 9.47 Å². The summed E-state index contributed by atoms with van der Waals surface area (Å²) in [6, 6.07) is 36.4. The van der Waals surface area contributed by atoms with Gasteiger partial charge in [-0.3, -0.25) is 10.0 Å². The Bertz CT molecular complexity index is 2870. The van der Waals surface area contributed by atoms with Gasteiger partial charge in [0.25, 0.3) is 0 Å². The zero-order valence-electron chi connectivity index (χ0n) is 47.7. The summed E-state index contributed by atoms with van der Waals surface area (Å²) in [5.41, 5.74) is 5.41. The van der Waals surface area contributed by atoms with Gasteiger partial charge in [0, 0.05) is 40.6 Å². The summed E-state index contributed by atoms with van der Waals surface area (Å²) in [5.74, 6) is 3.96. The molecule has 0 fully saturated rings. The van der Waals surface area contributed by atoms with Gasteiger partial charge in [-0.25, -0.2) is 44.9 Å². The predicted octanol–water partition coefficient (Wildman–Crippen LogP) is 13.7. The molecule has 0 radical (unpaired) electrons. The third-order valence-electron chi connectivity index (χ3n) is 13.1. The molecule has 7 heterocycles. The first-order valence-corrected chi connectivity index (χ1v) is 28.4. The van der Waals surface area contributed by atoms with Crippen molar-refractivity contribution >= 4 is 48.1 Å². The Kier molecular flexibility index (Phi) is 24.5. The molecule has 0 N–H and O–H groups in total. The second-order valence-electron chi connectivity index (χ2n) is 19.5.